The minimum atomic E-state index is -0.642. The Balaban J connectivity index is 2.87. The summed E-state index contributed by atoms with van der Waals surface area (Å²) in [6.07, 6.45) is 3.18. The van der Waals surface area contributed by atoms with Crippen LogP contribution in [0.15, 0.2) is 15.4 Å². The van der Waals surface area contributed by atoms with E-state index in [1.165, 1.54) is 29.2 Å². The molecule has 0 aliphatic rings. The second kappa shape index (κ2) is 4.51. The predicted molar refractivity (Wildman–Crippen MR) is 64.2 cm³/mol. The smallest absolute Gasteiger partial charge is 0.228 e. The zero-order valence-corrected chi connectivity index (χ0v) is 10.3. The third kappa shape index (κ3) is 1.85. The van der Waals surface area contributed by atoms with Gasteiger partial charge in [-0.1, -0.05) is 23.4 Å². The van der Waals surface area contributed by atoms with Gasteiger partial charge < -0.3 is 0 Å². The molecule has 0 radical (unpaired) electrons. The van der Waals surface area contributed by atoms with E-state index in [0.717, 1.165) is 10.4 Å². The highest BCUT2D eigenvalue weighted by molar-refractivity contribution is 8.00. The average Bonchev–Trinajstić information content (AvgIpc) is 2.68. The van der Waals surface area contributed by atoms with Crippen molar-refractivity contribution >= 4 is 56.7 Å². The van der Waals surface area contributed by atoms with Gasteiger partial charge in [-0.05, 0) is 12.3 Å². The maximum atomic E-state index is 13.5. The molecule has 0 atom stereocenters. The molecule has 0 N–H and O–H groups in total. The largest absolute Gasteiger partial charge is 0.240 e. The van der Waals surface area contributed by atoms with Crippen LogP contribution in [0.5, 0.6) is 0 Å². The van der Waals surface area contributed by atoms with E-state index in [9.17, 15) is 9.18 Å². The van der Waals surface area contributed by atoms with Crippen LogP contribution in [-0.2, 0) is 4.79 Å². The molecule has 0 unspecified atom stereocenters. The van der Waals surface area contributed by atoms with Gasteiger partial charge in [0.05, 0.1) is 9.72 Å². The minimum Gasteiger partial charge on any atom is -0.228 e. The molecule has 1 heterocycles. The number of hydrogen-bond donors (Lipinski definition) is 0. The van der Waals surface area contributed by atoms with E-state index in [-0.39, 0.29) is 10.7 Å². The molecule has 0 saturated heterocycles. The summed E-state index contributed by atoms with van der Waals surface area (Å²) in [5.74, 6) is -0.642. The lowest BCUT2D eigenvalue weighted by atomic mass is 10.3. The Bertz CT molecular complexity index is 607. The van der Waals surface area contributed by atoms with Crippen LogP contribution in [0.25, 0.3) is 10.2 Å². The molecule has 1 aromatic carbocycles. The summed E-state index contributed by atoms with van der Waals surface area (Å²) in [4.78, 5) is 17.8. The van der Waals surface area contributed by atoms with Crippen molar-refractivity contribution in [2.75, 3.05) is 6.26 Å². The standard InChI is InChI=1S/C9H4ClFN2OS2/c1-15-9-13-6-4(10)2-5(11)7(12-3-14)8(6)16-9/h2H,1H3. The van der Waals surface area contributed by atoms with E-state index >= 15 is 0 Å². The summed E-state index contributed by atoms with van der Waals surface area (Å²) in [6.45, 7) is 0. The lowest BCUT2D eigenvalue weighted by Crippen LogP contribution is -1.79. The highest BCUT2D eigenvalue weighted by atomic mass is 35.5. The second-order valence-electron chi connectivity index (χ2n) is 2.75. The van der Waals surface area contributed by atoms with Crippen LogP contribution < -0.4 is 0 Å². The van der Waals surface area contributed by atoms with Crippen LogP contribution in [0.2, 0.25) is 5.02 Å². The molecule has 82 valence electrons. The maximum absolute atomic E-state index is 13.5. The van der Waals surface area contributed by atoms with Crippen LogP contribution in [0, 0.1) is 5.82 Å². The van der Waals surface area contributed by atoms with Crippen molar-refractivity contribution in [3.05, 3.63) is 16.9 Å². The molecule has 16 heavy (non-hydrogen) atoms. The molecule has 2 rings (SSSR count). The third-order valence-electron chi connectivity index (χ3n) is 1.86. The van der Waals surface area contributed by atoms with Crippen LogP contribution >= 0.6 is 34.7 Å². The van der Waals surface area contributed by atoms with Crippen molar-refractivity contribution < 1.29 is 9.18 Å². The number of halogens is 2. The van der Waals surface area contributed by atoms with Gasteiger partial charge in [-0.3, -0.25) is 0 Å². The summed E-state index contributed by atoms with van der Waals surface area (Å²) in [6, 6.07) is 1.10. The fourth-order valence-electron chi connectivity index (χ4n) is 1.22. The highest BCUT2D eigenvalue weighted by Crippen LogP contribution is 2.39. The van der Waals surface area contributed by atoms with Crippen LogP contribution in [-0.4, -0.2) is 17.3 Å². The summed E-state index contributed by atoms with van der Waals surface area (Å²) >= 11 is 8.53. The lowest BCUT2D eigenvalue weighted by molar-refractivity contribution is 0.564. The summed E-state index contributed by atoms with van der Waals surface area (Å²) in [5, 5.41) is 0.217. The molecule has 0 fully saturated rings. The van der Waals surface area contributed by atoms with Crippen molar-refractivity contribution in [2.45, 2.75) is 4.34 Å². The Morgan fingerprint density at radius 3 is 3.06 bits per heavy atom. The summed E-state index contributed by atoms with van der Waals surface area (Å²) in [7, 11) is 0. The number of rotatable bonds is 2. The van der Waals surface area contributed by atoms with Gasteiger partial charge >= 0.3 is 0 Å². The van der Waals surface area contributed by atoms with Gasteiger partial charge in [0.15, 0.2) is 10.2 Å². The van der Waals surface area contributed by atoms with E-state index in [4.69, 9.17) is 11.6 Å². The van der Waals surface area contributed by atoms with Crippen LogP contribution in [0.4, 0.5) is 10.1 Å². The molecule has 3 nitrogen and oxygen atoms in total. The van der Waals surface area contributed by atoms with Gasteiger partial charge in [-0.25, -0.2) is 14.2 Å². The van der Waals surface area contributed by atoms with Crippen molar-refractivity contribution in [3.63, 3.8) is 0 Å². The number of thiazole rings is 1. The Labute approximate surface area is 103 Å². The van der Waals surface area contributed by atoms with Crippen molar-refractivity contribution in [3.8, 4) is 0 Å². The molecular formula is C9H4ClFN2OS2. The average molecular weight is 275 g/mol. The number of thioether (sulfide) groups is 1. The predicted octanol–water partition coefficient (Wildman–Crippen LogP) is 3.78. The molecule has 0 aliphatic carbocycles. The number of aliphatic imine (C=N–C) groups is 1. The van der Waals surface area contributed by atoms with Gasteiger partial charge in [0.2, 0.25) is 6.08 Å². The van der Waals surface area contributed by atoms with Gasteiger partial charge in [0.25, 0.3) is 0 Å². The molecule has 0 aliphatic heterocycles. The SMILES string of the molecule is CSc1nc2c(Cl)cc(F)c(N=C=O)c2s1. The Morgan fingerprint density at radius 2 is 2.44 bits per heavy atom. The number of benzene rings is 1. The van der Waals surface area contributed by atoms with Crippen molar-refractivity contribution in [1.82, 2.24) is 4.98 Å². The van der Waals surface area contributed by atoms with Crippen molar-refractivity contribution in [2.24, 2.45) is 4.99 Å². The molecule has 0 bridgehead atoms. The zero-order chi connectivity index (χ0) is 11.7. The van der Waals surface area contributed by atoms with E-state index in [2.05, 4.69) is 9.98 Å². The monoisotopic (exact) mass is 274 g/mol. The van der Waals surface area contributed by atoms with Gasteiger partial charge in [0, 0.05) is 0 Å². The zero-order valence-electron chi connectivity index (χ0n) is 7.95. The molecule has 2 aromatic rings. The third-order valence-corrected chi connectivity index (χ3v) is 4.20. The first-order chi connectivity index (χ1) is 7.67. The fraction of sp³-hybridized carbons (Fsp3) is 0.111. The molecule has 0 saturated carbocycles. The van der Waals surface area contributed by atoms with Gasteiger partial charge in [-0.2, -0.15) is 4.99 Å². The van der Waals surface area contributed by atoms with E-state index < -0.39 is 5.82 Å². The van der Waals surface area contributed by atoms with E-state index in [0.29, 0.717) is 10.2 Å². The number of isocyanates is 1. The first-order valence-corrected chi connectivity index (χ1v) is 6.49. The first kappa shape index (κ1) is 11.5. The lowest BCUT2D eigenvalue weighted by Gasteiger charge is -1.97. The van der Waals surface area contributed by atoms with Gasteiger partial charge in [-0.15, -0.1) is 11.3 Å². The van der Waals surface area contributed by atoms with Crippen LogP contribution in [0.3, 0.4) is 0 Å². The number of aromatic nitrogens is 1. The number of hydrogen-bond acceptors (Lipinski definition) is 5. The summed E-state index contributed by atoms with van der Waals surface area (Å²) < 4.78 is 14.7. The topological polar surface area (TPSA) is 42.3 Å². The second-order valence-corrected chi connectivity index (χ2v) is 5.21. The Hall–Kier alpha value is -0.940. The maximum Gasteiger partial charge on any atom is 0.240 e. The molecule has 0 spiro atoms. The van der Waals surface area contributed by atoms with E-state index in [1.54, 1.807) is 0 Å². The van der Waals surface area contributed by atoms with Gasteiger partial charge in [0.1, 0.15) is 11.2 Å². The quantitative estimate of drug-likeness (QED) is 0.475. The van der Waals surface area contributed by atoms with Crippen molar-refractivity contribution in [1.29, 1.82) is 0 Å². The molecule has 1 aromatic heterocycles. The first-order valence-electron chi connectivity index (χ1n) is 4.07. The molecule has 7 heteroatoms. The minimum absolute atomic E-state index is 0.0489. The number of fused-ring (bicyclic) bond motifs is 1. The van der Waals surface area contributed by atoms with E-state index in [1.807, 2.05) is 6.26 Å². The highest BCUT2D eigenvalue weighted by Gasteiger charge is 2.15. The summed E-state index contributed by atoms with van der Waals surface area (Å²) in [5.41, 5.74) is 0.415. The molecular weight excluding hydrogens is 271 g/mol. The molecule has 0 amide bonds. The Kier molecular flexibility index (Phi) is 3.25. The Morgan fingerprint density at radius 1 is 1.69 bits per heavy atom. The van der Waals surface area contributed by atoms with Crippen LogP contribution in [0.1, 0.15) is 0 Å². The fourth-order valence-corrected chi connectivity index (χ4v) is 3.07. The number of nitrogens with zero attached hydrogens (tertiary/aromatic N) is 2. The number of carbonyl (C=O) groups excluding carboxylic acids is 1. The normalized spacial score (nSPS) is 10.4.